The molecule has 0 bridgehead atoms. The highest BCUT2D eigenvalue weighted by Crippen LogP contribution is 2.16. The molecular weight excluding hydrogens is 204 g/mol. The fourth-order valence-corrected chi connectivity index (χ4v) is 2.07. The summed E-state index contributed by atoms with van der Waals surface area (Å²) < 4.78 is 5.25. The predicted octanol–water partition coefficient (Wildman–Crippen LogP) is 0.869. The number of hydrogen-bond acceptors (Lipinski definition) is 3. The summed E-state index contributed by atoms with van der Waals surface area (Å²) in [7, 11) is 1.85. The van der Waals surface area contributed by atoms with Crippen LogP contribution < -0.4 is 5.32 Å². The highest BCUT2D eigenvalue weighted by atomic mass is 16.5. The molecule has 0 aromatic carbocycles. The number of rotatable bonds is 5. The largest absolute Gasteiger partial charge is 0.380 e. The van der Waals surface area contributed by atoms with Gasteiger partial charge in [-0.15, -0.1) is 0 Å². The van der Waals surface area contributed by atoms with Crippen molar-refractivity contribution < 1.29 is 9.53 Å². The van der Waals surface area contributed by atoms with E-state index in [4.69, 9.17) is 4.74 Å². The first-order chi connectivity index (χ1) is 7.66. The fraction of sp³-hybridized carbons (Fsp3) is 0.917. The second kappa shape index (κ2) is 6.86. The summed E-state index contributed by atoms with van der Waals surface area (Å²) >= 11 is 0. The lowest BCUT2D eigenvalue weighted by Crippen LogP contribution is -2.51. The van der Waals surface area contributed by atoms with Crippen LogP contribution >= 0.6 is 0 Å². The number of piperidine rings is 1. The third-order valence-electron chi connectivity index (χ3n) is 3.19. The maximum atomic E-state index is 12.1. The molecule has 2 unspecified atom stereocenters. The van der Waals surface area contributed by atoms with Gasteiger partial charge in [0.1, 0.15) is 0 Å². The zero-order valence-corrected chi connectivity index (χ0v) is 10.7. The summed E-state index contributed by atoms with van der Waals surface area (Å²) in [6.07, 6.45) is 2.32. The summed E-state index contributed by atoms with van der Waals surface area (Å²) in [6.45, 7) is 7.08. The van der Waals surface area contributed by atoms with Gasteiger partial charge >= 0.3 is 0 Å². The Morgan fingerprint density at radius 3 is 2.94 bits per heavy atom. The number of carbonyl (C=O) groups is 1. The average molecular weight is 228 g/mol. The number of ether oxygens (including phenoxy) is 1. The van der Waals surface area contributed by atoms with Gasteiger partial charge in [-0.25, -0.2) is 0 Å². The Labute approximate surface area is 98.3 Å². The SMILES string of the molecule is CCOCCN(C)C(=O)C1NCCCC1C. The van der Waals surface area contributed by atoms with Crippen LogP contribution in [-0.4, -0.2) is 50.2 Å². The van der Waals surface area contributed by atoms with Crippen molar-refractivity contribution in [3.8, 4) is 0 Å². The quantitative estimate of drug-likeness (QED) is 0.710. The third-order valence-corrected chi connectivity index (χ3v) is 3.19. The molecule has 0 aromatic heterocycles. The molecule has 0 spiro atoms. The van der Waals surface area contributed by atoms with E-state index >= 15 is 0 Å². The molecule has 1 N–H and O–H groups in total. The minimum atomic E-state index is 0.000349. The average Bonchev–Trinajstić information content (AvgIpc) is 2.29. The second-order valence-corrected chi connectivity index (χ2v) is 4.51. The number of carbonyl (C=O) groups excluding carboxylic acids is 1. The third kappa shape index (κ3) is 3.76. The molecule has 1 heterocycles. The van der Waals surface area contributed by atoms with Gasteiger partial charge in [0.25, 0.3) is 0 Å². The normalized spacial score (nSPS) is 25.4. The summed E-state index contributed by atoms with van der Waals surface area (Å²) in [4.78, 5) is 13.9. The van der Waals surface area contributed by atoms with E-state index in [9.17, 15) is 4.79 Å². The van der Waals surface area contributed by atoms with Crippen LogP contribution in [0.3, 0.4) is 0 Å². The first kappa shape index (κ1) is 13.5. The van der Waals surface area contributed by atoms with Crippen LogP contribution in [0.1, 0.15) is 26.7 Å². The monoisotopic (exact) mass is 228 g/mol. The maximum Gasteiger partial charge on any atom is 0.239 e. The highest BCUT2D eigenvalue weighted by Gasteiger charge is 2.29. The van der Waals surface area contributed by atoms with Crippen LogP contribution in [0.2, 0.25) is 0 Å². The Kier molecular flexibility index (Phi) is 5.77. The van der Waals surface area contributed by atoms with Crippen molar-refractivity contribution in [2.75, 3.05) is 33.4 Å². The minimum Gasteiger partial charge on any atom is -0.380 e. The van der Waals surface area contributed by atoms with Crippen LogP contribution in [0.4, 0.5) is 0 Å². The smallest absolute Gasteiger partial charge is 0.239 e. The van der Waals surface area contributed by atoms with Gasteiger partial charge in [0.05, 0.1) is 12.6 Å². The summed E-state index contributed by atoms with van der Waals surface area (Å²) in [5.41, 5.74) is 0. The summed E-state index contributed by atoms with van der Waals surface area (Å²) in [6, 6.07) is 0.000349. The number of nitrogens with one attached hydrogen (secondary N) is 1. The maximum absolute atomic E-state index is 12.1. The molecule has 1 amide bonds. The van der Waals surface area contributed by atoms with Crippen molar-refractivity contribution in [3.05, 3.63) is 0 Å². The van der Waals surface area contributed by atoms with E-state index in [0.717, 1.165) is 13.0 Å². The molecule has 1 rings (SSSR count). The van der Waals surface area contributed by atoms with E-state index in [2.05, 4.69) is 12.2 Å². The van der Waals surface area contributed by atoms with Gasteiger partial charge in [-0.05, 0) is 32.2 Å². The van der Waals surface area contributed by atoms with Crippen LogP contribution in [0.25, 0.3) is 0 Å². The lowest BCUT2D eigenvalue weighted by molar-refractivity contribution is -0.134. The number of hydrogen-bond donors (Lipinski definition) is 1. The van der Waals surface area contributed by atoms with E-state index in [-0.39, 0.29) is 11.9 Å². The highest BCUT2D eigenvalue weighted by molar-refractivity contribution is 5.82. The number of amides is 1. The van der Waals surface area contributed by atoms with Gasteiger partial charge in [0.15, 0.2) is 0 Å². The molecule has 1 fully saturated rings. The zero-order chi connectivity index (χ0) is 12.0. The van der Waals surface area contributed by atoms with E-state index in [1.165, 1.54) is 6.42 Å². The summed E-state index contributed by atoms with van der Waals surface area (Å²) in [5.74, 6) is 0.641. The van der Waals surface area contributed by atoms with E-state index in [1.54, 1.807) is 4.90 Å². The molecule has 1 aliphatic heterocycles. The van der Waals surface area contributed by atoms with E-state index in [1.807, 2.05) is 14.0 Å². The molecule has 0 saturated carbocycles. The van der Waals surface area contributed by atoms with Crippen LogP contribution in [0.15, 0.2) is 0 Å². The number of likely N-dealkylation sites (N-methyl/N-ethyl adjacent to an activating group) is 1. The van der Waals surface area contributed by atoms with Crippen molar-refractivity contribution in [2.45, 2.75) is 32.7 Å². The molecule has 0 aliphatic carbocycles. The van der Waals surface area contributed by atoms with Crippen molar-refractivity contribution in [2.24, 2.45) is 5.92 Å². The lowest BCUT2D eigenvalue weighted by Gasteiger charge is -2.32. The first-order valence-corrected chi connectivity index (χ1v) is 6.23. The minimum absolute atomic E-state index is 0.000349. The Hall–Kier alpha value is -0.610. The van der Waals surface area contributed by atoms with E-state index < -0.39 is 0 Å². The predicted molar refractivity (Wildman–Crippen MR) is 64.3 cm³/mol. The molecule has 1 aliphatic rings. The van der Waals surface area contributed by atoms with Gasteiger partial charge in [0.2, 0.25) is 5.91 Å². The van der Waals surface area contributed by atoms with Crippen LogP contribution in [-0.2, 0) is 9.53 Å². The summed E-state index contributed by atoms with van der Waals surface area (Å²) in [5, 5.41) is 3.31. The van der Waals surface area contributed by atoms with Crippen molar-refractivity contribution in [1.82, 2.24) is 10.2 Å². The van der Waals surface area contributed by atoms with Crippen molar-refractivity contribution >= 4 is 5.91 Å². The molecule has 4 nitrogen and oxygen atoms in total. The molecule has 94 valence electrons. The van der Waals surface area contributed by atoms with Gasteiger partial charge in [-0.2, -0.15) is 0 Å². The van der Waals surface area contributed by atoms with Crippen LogP contribution in [0, 0.1) is 5.92 Å². The molecule has 2 atom stereocenters. The van der Waals surface area contributed by atoms with Crippen molar-refractivity contribution in [3.63, 3.8) is 0 Å². The Bertz CT molecular complexity index is 221. The van der Waals surface area contributed by atoms with Crippen LogP contribution in [0.5, 0.6) is 0 Å². The van der Waals surface area contributed by atoms with Gasteiger partial charge in [-0.3, -0.25) is 4.79 Å². The number of nitrogens with zero attached hydrogens (tertiary/aromatic N) is 1. The molecular formula is C12H24N2O2. The first-order valence-electron chi connectivity index (χ1n) is 6.23. The topological polar surface area (TPSA) is 41.6 Å². The zero-order valence-electron chi connectivity index (χ0n) is 10.7. The van der Waals surface area contributed by atoms with Gasteiger partial charge < -0.3 is 15.0 Å². The molecule has 4 heteroatoms. The van der Waals surface area contributed by atoms with Gasteiger partial charge in [0, 0.05) is 20.2 Å². The second-order valence-electron chi connectivity index (χ2n) is 4.51. The Balaban J connectivity index is 2.36. The van der Waals surface area contributed by atoms with E-state index in [0.29, 0.717) is 25.7 Å². The molecule has 0 radical (unpaired) electrons. The van der Waals surface area contributed by atoms with Crippen molar-refractivity contribution in [1.29, 1.82) is 0 Å². The Morgan fingerprint density at radius 1 is 1.56 bits per heavy atom. The fourth-order valence-electron chi connectivity index (χ4n) is 2.07. The lowest BCUT2D eigenvalue weighted by atomic mass is 9.92. The molecule has 16 heavy (non-hydrogen) atoms. The molecule has 0 aromatic rings. The standard InChI is InChI=1S/C12H24N2O2/c1-4-16-9-8-14(3)12(15)11-10(2)6-5-7-13-11/h10-11,13H,4-9H2,1-3H3. The Morgan fingerprint density at radius 2 is 2.31 bits per heavy atom. The van der Waals surface area contributed by atoms with Gasteiger partial charge in [-0.1, -0.05) is 6.92 Å². The molecule has 1 saturated heterocycles.